The van der Waals surface area contributed by atoms with Crippen LogP contribution in [0.4, 0.5) is 5.13 Å². The topological polar surface area (TPSA) is 54.9 Å². The third-order valence-corrected chi connectivity index (χ3v) is 5.76. The number of aromatic nitrogens is 2. The highest BCUT2D eigenvalue weighted by molar-refractivity contribution is 8.00. The molecular weight excluding hydrogens is 374 g/mol. The molecular formula is C18H16ClN3OS2. The second-order valence-corrected chi connectivity index (χ2v) is 8.20. The number of carbonyl (C=O) groups is 1. The number of halogens is 1. The minimum absolute atomic E-state index is 0.285. The molecule has 0 atom stereocenters. The fraction of sp³-hybridized carbons (Fsp3) is 0.167. The van der Waals surface area contributed by atoms with Crippen molar-refractivity contribution in [1.82, 2.24) is 10.2 Å². The average molecular weight is 390 g/mol. The maximum Gasteiger partial charge on any atom is 0.259 e. The van der Waals surface area contributed by atoms with Crippen LogP contribution in [0.5, 0.6) is 0 Å². The van der Waals surface area contributed by atoms with Gasteiger partial charge < -0.3 is 0 Å². The molecule has 128 valence electrons. The molecule has 0 aliphatic heterocycles. The summed E-state index contributed by atoms with van der Waals surface area (Å²) in [6.07, 6.45) is 0. The average Bonchev–Trinajstić information content (AvgIpc) is 3.00. The van der Waals surface area contributed by atoms with E-state index in [9.17, 15) is 4.79 Å². The molecule has 0 unspecified atom stereocenters. The van der Waals surface area contributed by atoms with Gasteiger partial charge in [0.05, 0.1) is 10.6 Å². The second kappa shape index (κ2) is 7.99. The van der Waals surface area contributed by atoms with Crippen LogP contribution in [-0.2, 0) is 5.75 Å². The van der Waals surface area contributed by atoms with E-state index in [2.05, 4.69) is 47.6 Å². The van der Waals surface area contributed by atoms with Crippen LogP contribution in [-0.4, -0.2) is 16.1 Å². The maximum atomic E-state index is 12.2. The van der Waals surface area contributed by atoms with Crippen molar-refractivity contribution in [2.24, 2.45) is 0 Å². The summed E-state index contributed by atoms with van der Waals surface area (Å²) in [5, 5.41) is 11.8. The molecule has 7 heteroatoms. The van der Waals surface area contributed by atoms with Gasteiger partial charge in [-0.05, 0) is 31.5 Å². The van der Waals surface area contributed by atoms with Crippen molar-refractivity contribution in [1.29, 1.82) is 0 Å². The molecule has 0 aliphatic rings. The van der Waals surface area contributed by atoms with Gasteiger partial charge in [-0.15, -0.1) is 10.2 Å². The van der Waals surface area contributed by atoms with Crippen LogP contribution >= 0.6 is 34.7 Å². The summed E-state index contributed by atoms with van der Waals surface area (Å²) in [5.41, 5.74) is 4.17. The molecule has 1 amide bonds. The quantitative estimate of drug-likeness (QED) is 0.471. The lowest BCUT2D eigenvalue weighted by Crippen LogP contribution is -2.12. The van der Waals surface area contributed by atoms with Crippen LogP contribution in [0.15, 0.2) is 46.8 Å². The van der Waals surface area contributed by atoms with Crippen molar-refractivity contribution in [3.63, 3.8) is 0 Å². The van der Waals surface area contributed by atoms with Crippen LogP contribution in [0.25, 0.3) is 0 Å². The standard InChI is InChI=1S/C18H16ClN3OS2/c1-11-7-12(2)9-13(8-11)10-24-18-22-21-17(25-18)20-16(23)14-5-3-4-6-15(14)19/h3-9H,10H2,1-2H3,(H,20,21,23). The Morgan fingerprint density at radius 2 is 1.88 bits per heavy atom. The zero-order chi connectivity index (χ0) is 17.8. The second-order valence-electron chi connectivity index (χ2n) is 5.59. The summed E-state index contributed by atoms with van der Waals surface area (Å²) >= 11 is 9.00. The summed E-state index contributed by atoms with van der Waals surface area (Å²) < 4.78 is 0.814. The smallest absolute Gasteiger partial charge is 0.259 e. The molecule has 0 bridgehead atoms. The molecule has 1 N–H and O–H groups in total. The largest absolute Gasteiger partial charge is 0.296 e. The minimum atomic E-state index is -0.285. The van der Waals surface area contributed by atoms with Crippen LogP contribution in [0.1, 0.15) is 27.0 Å². The van der Waals surface area contributed by atoms with Crippen molar-refractivity contribution in [2.75, 3.05) is 5.32 Å². The molecule has 0 radical (unpaired) electrons. The van der Waals surface area contributed by atoms with Crippen molar-refractivity contribution >= 4 is 45.7 Å². The van der Waals surface area contributed by atoms with E-state index < -0.39 is 0 Å². The molecule has 0 fully saturated rings. The fourth-order valence-corrected chi connectivity index (χ4v) is 4.32. The Morgan fingerprint density at radius 3 is 2.60 bits per heavy atom. The zero-order valence-electron chi connectivity index (χ0n) is 13.7. The van der Waals surface area contributed by atoms with Gasteiger partial charge in [-0.1, -0.05) is 76.2 Å². The number of thioether (sulfide) groups is 1. The monoisotopic (exact) mass is 389 g/mol. The molecule has 4 nitrogen and oxygen atoms in total. The number of hydrogen-bond acceptors (Lipinski definition) is 5. The third kappa shape index (κ3) is 4.81. The number of rotatable bonds is 5. The minimum Gasteiger partial charge on any atom is -0.296 e. The SMILES string of the molecule is Cc1cc(C)cc(CSc2nnc(NC(=O)c3ccccc3Cl)s2)c1. The van der Waals surface area contributed by atoms with Crippen molar-refractivity contribution in [3.8, 4) is 0 Å². The molecule has 3 aromatic rings. The van der Waals surface area contributed by atoms with Crippen molar-refractivity contribution in [2.45, 2.75) is 23.9 Å². The molecule has 2 aromatic carbocycles. The number of amides is 1. The first kappa shape index (κ1) is 17.9. The normalized spacial score (nSPS) is 10.7. The van der Waals surface area contributed by atoms with Gasteiger partial charge in [0.2, 0.25) is 5.13 Å². The Balaban J connectivity index is 1.62. The van der Waals surface area contributed by atoms with Crippen LogP contribution < -0.4 is 5.32 Å². The van der Waals surface area contributed by atoms with E-state index in [0.717, 1.165) is 10.1 Å². The predicted octanol–water partition coefficient (Wildman–Crippen LogP) is 5.35. The molecule has 0 spiro atoms. The van der Waals surface area contributed by atoms with E-state index in [1.807, 2.05) is 0 Å². The van der Waals surface area contributed by atoms with Gasteiger partial charge in [0, 0.05) is 5.75 Å². The highest BCUT2D eigenvalue weighted by Gasteiger charge is 2.13. The van der Waals surface area contributed by atoms with E-state index in [1.54, 1.807) is 36.0 Å². The Hall–Kier alpha value is -1.89. The first-order chi connectivity index (χ1) is 12.0. The Labute approximate surface area is 159 Å². The number of nitrogens with zero attached hydrogens (tertiary/aromatic N) is 2. The van der Waals surface area contributed by atoms with E-state index in [-0.39, 0.29) is 5.91 Å². The third-order valence-electron chi connectivity index (χ3n) is 3.39. The Bertz CT molecular complexity index is 891. The lowest BCUT2D eigenvalue weighted by atomic mass is 10.1. The number of benzene rings is 2. The number of hydrogen-bond donors (Lipinski definition) is 1. The molecule has 0 saturated heterocycles. The Morgan fingerprint density at radius 1 is 1.16 bits per heavy atom. The predicted molar refractivity (Wildman–Crippen MR) is 105 cm³/mol. The molecule has 3 rings (SSSR count). The highest BCUT2D eigenvalue weighted by Crippen LogP contribution is 2.29. The van der Waals surface area contributed by atoms with Gasteiger partial charge in [-0.2, -0.15) is 0 Å². The summed E-state index contributed by atoms with van der Waals surface area (Å²) in [4.78, 5) is 12.2. The summed E-state index contributed by atoms with van der Waals surface area (Å²) in [6.45, 7) is 4.18. The Kier molecular flexibility index (Phi) is 5.73. The first-order valence-electron chi connectivity index (χ1n) is 7.60. The number of carbonyl (C=O) groups excluding carboxylic acids is 1. The lowest BCUT2D eigenvalue weighted by molar-refractivity contribution is 0.102. The van der Waals surface area contributed by atoms with E-state index in [4.69, 9.17) is 11.6 Å². The van der Waals surface area contributed by atoms with E-state index in [0.29, 0.717) is 15.7 Å². The van der Waals surface area contributed by atoms with Gasteiger partial charge >= 0.3 is 0 Å². The summed E-state index contributed by atoms with van der Waals surface area (Å²) in [7, 11) is 0. The number of nitrogens with one attached hydrogen (secondary N) is 1. The van der Waals surface area contributed by atoms with Gasteiger partial charge in [-0.25, -0.2) is 0 Å². The van der Waals surface area contributed by atoms with Crippen LogP contribution in [0, 0.1) is 13.8 Å². The summed E-state index contributed by atoms with van der Waals surface area (Å²) in [6, 6.07) is 13.4. The van der Waals surface area contributed by atoms with Crippen LogP contribution in [0.2, 0.25) is 5.02 Å². The zero-order valence-corrected chi connectivity index (χ0v) is 16.1. The summed E-state index contributed by atoms with van der Waals surface area (Å²) in [5.74, 6) is 0.530. The number of aryl methyl sites for hydroxylation is 2. The lowest BCUT2D eigenvalue weighted by Gasteiger charge is -2.03. The first-order valence-corrected chi connectivity index (χ1v) is 9.78. The van der Waals surface area contributed by atoms with E-state index >= 15 is 0 Å². The molecule has 1 aromatic heterocycles. The molecule has 0 aliphatic carbocycles. The van der Waals surface area contributed by atoms with Crippen molar-refractivity contribution in [3.05, 3.63) is 69.7 Å². The van der Waals surface area contributed by atoms with Gasteiger partial charge in [0.1, 0.15) is 0 Å². The molecule has 0 saturated carbocycles. The van der Waals surface area contributed by atoms with Gasteiger partial charge in [0.25, 0.3) is 5.91 Å². The maximum absolute atomic E-state index is 12.2. The van der Waals surface area contributed by atoms with Crippen molar-refractivity contribution < 1.29 is 4.79 Å². The van der Waals surface area contributed by atoms with Crippen LogP contribution in [0.3, 0.4) is 0 Å². The molecule has 25 heavy (non-hydrogen) atoms. The highest BCUT2D eigenvalue weighted by atomic mass is 35.5. The fourth-order valence-electron chi connectivity index (χ4n) is 2.43. The van der Waals surface area contributed by atoms with E-state index in [1.165, 1.54) is 28.0 Å². The van der Waals surface area contributed by atoms with Gasteiger partial charge in [-0.3, -0.25) is 10.1 Å². The number of anilines is 1. The van der Waals surface area contributed by atoms with Gasteiger partial charge in [0.15, 0.2) is 4.34 Å². The molecule has 1 heterocycles.